The van der Waals surface area contributed by atoms with E-state index in [4.69, 9.17) is 16.3 Å². The molecule has 16 heavy (non-hydrogen) atoms. The molecule has 4 heteroatoms. The minimum absolute atomic E-state index is 0.286. The van der Waals surface area contributed by atoms with Crippen LogP contribution in [0.15, 0.2) is 18.2 Å². The van der Waals surface area contributed by atoms with Gasteiger partial charge in [0.1, 0.15) is 0 Å². The van der Waals surface area contributed by atoms with Gasteiger partial charge < -0.3 is 9.64 Å². The van der Waals surface area contributed by atoms with Crippen molar-refractivity contribution in [1.29, 1.82) is 0 Å². The van der Waals surface area contributed by atoms with Crippen LogP contribution in [0.4, 0.5) is 5.69 Å². The summed E-state index contributed by atoms with van der Waals surface area (Å²) in [5.74, 6) is 0. The van der Waals surface area contributed by atoms with Gasteiger partial charge in [-0.25, -0.2) is 0 Å². The van der Waals surface area contributed by atoms with Crippen LogP contribution in [0.2, 0.25) is 5.02 Å². The van der Waals surface area contributed by atoms with Crippen LogP contribution in [0.1, 0.15) is 17.3 Å². The predicted molar refractivity (Wildman–Crippen MR) is 64.5 cm³/mol. The molecule has 0 radical (unpaired) electrons. The molecule has 1 atom stereocenters. The fourth-order valence-electron chi connectivity index (χ4n) is 1.97. The first-order chi connectivity index (χ1) is 7.72. The maximum absolute atomic E-state index is 11.0. The van der Waals surface area contributed by atoms with Crippen LogP contribution < -0.4 is 4.90 Å². The van der Waals surface area contributed by atoms with Crippen LogP contribution in [-0.4, -0.2) is 32.1 Å². The summed E-state index contributed by atoms with van der Waals surface area (Å²) < 4.78 is 5.37. The maximum atomic E-state index is 11.0. The average molecular weight is 240 g/mol. The van der Waals surface area contributed by atoms with Crippen LogP contribution in [-0.2, 0) is 4.74 Å². The molecule has 0 spiro atoms. The number of carbonyl (C=O) groups is 1. The minimum atomic E-state index is 0.286. The molecule has 1 aromatic rings. The molecule has 3 nitrogen and oxygen atoms in total. The molecule has 2 rings (SSSR count). The third-order valence-electron chi connectivity index (χ3n) is 2.79. The summed E-state index contributed by atoms with van der Waals surface area (Å²) in [5.41, 5.74) is 1.58. The van der Waals surface area contributed by atoms with Crippen molar-refractivity contribution in [2.75, 3.05) is 24.7 Å². The normalized spacial score (nSPS) is 20.9. The Kier molecular flexibility index (Phi) is 3.46. The fraction of sp³-hybridized carbons (Fsp3) is 0.417. The Labute approximate surface area is 100.0 Å². The molecule has 1 saturated heterocycles. The molecule has 1 aliphatic rings. The van der Waals surface area contributed by atoms with Crippen molar-refractivity contribution in [3.63, 3.8) is 0 Å². The number of halogens is 1. The van der Waals surface area contributed by atoms with Crippen molar-refractivity contribution in [1.82, 2.24) is 0 Å². The van der Waals surface area contributed by atoms with Crippen molar-refractivity contribution in [2.24, 2.45) is 0 Å². The highest BCUT2D eigenvalue weighted by molar-refractivity contribution is 6.31. The van der Waals surface area contributed by atoms with Crippen molar-refractivity contribution in [3.05, 3.63) is 28.8 Å². The molecule has 1 aromatic carbocycles. The van der Waals surface area contributed by atoms with Gasteiger partial charge in [0.15, 0.2) is 6.29 Å². The van der Waals surface area contributed by atoms with Gasteiger partial charge in [-0.1, -0.05) is 11.6 Å². The van der Waals surface area contributed by atoms with Crippen LogP contribution in [0.5, 0.6) is 0 Å². The molecule has 0 bridgehead atoms. The molecule has 0 saturated carbocycles. The zero-order chi connectivity index (χ0) is 11.5. The number of carbonyl (C=O) groups excluding carboxylic acids is 1. The highest BCUT2D eigenvalue weighted by atomic mass is 35.5. The molecule has 0 aliphatic carbocycles. The minimum Gasteiger partial charge on any atom is -0.377 e. The van der Waals surface area contributed by atoms with E-state index in [0.717, 1.165) is 18.5 Å². The van der Waals surface area contributed by atoms with E-state index >= 15 is 0 Å². The second kappa shape index (κ2) is 4.85. The number of hydrogen-bond acceptors (Lipinski definition) is 3. The van der Waals surface area contributed by atoms with E-state index in [1.807, 2.05) is 12.1 Å². The summed E-state index contributed by atoms with van der Waals surface area (Å²) in [7, 11) is 0. The van der Waals surface area contributed by atoms with E-state index in [1.165, 1.54) is 0 Å². The molecular weight excluding hydrogens is 226 g/mol. The van der Waals surface area contributed by atoms with Crippen molar-refractivity contribution >= 4 is 23.6 Å². The predicted octanol–water partition coefficient (Wildman–Crippen LogP) is 2.38. The van der Waals surface area contributed by atoms with Gasteiger partial charge >= 0.3 is 0 Å². The number of rotatable bonds is 2. The Bertz CT molecular complexity index is 395. The number of anilines is 1. The number of hydrogen-bond donors (Lipinski definition) is 0. The van der Waals surface area contributed by atoms with Gasteiger partial charge in [0.2, 0.25) is 0 Å². The zero-order valence-corrected chi connectivity index (χ0v) is 9.91. The van der Waals surface area contributed by atoms with Gasteiger partial charge in [-0.2, -0.15) is 0 Å². The lowest BCUT2D eigenvalue weighted by atomic mass is 10.1. The topological polar surface area (TPSA) is 29.5 Å². The first kappa shape index (κ1) is 11.4. The third kappa shape index (κ3) is 2.20. The highest BCUT2D eigenvalue weighted by Crippen LogP contribution is 2.25. The Morgan fingerprint density at radius 3 is 3.06 bits per heavy atom. The van der Waals surface area contributed by atoms with Crippen molar-refractivity contribution in [3.8, 4) is 0 Å². The Morgan fingerprint density at radius 2 is 2.38 bits per heavy atom. The molecule has 86 valence electrons. The Balaban J connectivity index is 2.34. The summed E-state index contributed by atoms with van der Waals surface area (Å²) in [6, 6.07) is 5.69. The monoisotopic (exact) mass is 239 g/mol. The largest absolute Gasteiger partial charge is 0.377 e. The van der Waals surface area contributed by atoms with E-state index in [0.29, 0.717) is 23.8 Å². The number of aldehydes is 1. The van der Waals surface area contributed by atoms with Gasteiger partial charge in [-0.15, -0.1) is 0 Å². The lowest BCUT2D eigenvalue weighted by Gasteiger charge is -2.36. The molecule has 1 unspecified atom stereocenters. The highest BCUT2D eigenvalue weighted by Gasteiger charge is 2.21. The molecule has 1 fully saturated rings. The number of benzene rings is 1. The maximum Gasteiger partial charge on any atom is 0.152 e. The molecule has 0 N–H and O–H groups in total. The molecule has 0 amide bonds. The number of nitrogens with zero attached hydrogens (tertiary/aromatic N) is 1. The lowest BCUT2D eigenvalue weighted by molar-refractivity contribution is 0.0985. The van der Waals surface area contributed by atoms with Gasteiger partial charge in [-0.05, 0) is 25.1 Å². The smallest absolute Gasteiger partial charge is 0.152 e. The second-order valence-electron chi connectivity index (χ2n) is 3.94. The van der Waals surface area contributed by atoms with E-state index in [2.05, 4.69) is 11.8 Å². The van der Waals surface area contributed by atoms with Gasteiger partial charge in [0.25, 0.3) is 0 Å². The van der Waals surface area contributed by atoms with Crippen LogP contribution >= 0.6 is 11.6 Å². The van der Waals surface area contributed by atoms with Crippen LogP contribution in [0.3, 0.4) is 0 Å². The summed E-state index contributed by atoms with van der Waals surface area (Å²) in [6.07, 6.45) is 0.851. The van der Waals surface area contributed by atoms with Gasteiger partial charge in [-0.3, -0.25) is 4.79 Å². The molecular formula is C12H14ClNO2. The number of ether oxygens (including phenoxy) is 1. The first-order valence-electron chi connectivity index (χ1n) is 5.31. The molecule has 1 aliphatic heterocycles. The van der Waals surface area contributed by atoms with E-state index in [-0.39, 0.29) is 6.04 Å². The summed E-state index contributed by atoms with van der Waals surface area (Å²) in [4.78, 5) is 13.2. The third-order valence-corrected chi connectivity index (χ3v) is 3.03. The standard InChI is InChI=1S/C12H14ClNO2/c1-9-8-16-5-4-14(9)12-3-2-11(13)6-10(12)7-15/h2-3,6-7,9H,4-5,8H2,1H3. The fourth-order valence-corrected chi connectivity index (χ4v) is 2.15. The second-order valence-corrected chi connectivity index (χ2v) is 4.37. The van der Waals surface area contributed by atoms with Crippen molar-refractivity contribution < 1.29 is 9.53 Å². The summed E-state index contributed by atoms with van der Waals surface area (Å²) >= 11 is 5.87. The lowest BCUT2D eigenvalue weighted by Crippen LogP contribution is -2.44. The van der Waals surface area contributed by atoms with Gasteiger partial charge in [0.05, 0.1) is 13.2 Å². The number of morpholine rings is 1. The SMILES string of the molecule is CC1COCCN1c1ccc(Cl)cc1C=O. The van der Waals surface area contributed by atoms with Crippen LogP contribution in [0.25, 0.3) is 0 Å². The van der Waals surface area contributed by atoms with Gasteiger partial charge in [0, 0.05) is 28.9 Å². The van der Waals surface area contributed by atoms with Crippen LogP contribution in [0, 0.1) is 0 Å². The Morgan fingerprint density at radius 1 is 1.56 bits per heavy atom. The van der Waals surface area contributed by atoms with E-state index < -0.39 is 0 Å². The molecule has 0 aromatic heterocycles. The zero-order valence-electron chi connectivity index (χ0n) is 9.15. The average Bonchev–Trinajstić information content (AvgIpc) is 2.30. The Hall–Kier alpha value is -1.06. The van der Waals surface area contributed by atoms with E-state index in [1.54, 1.807) is 6.07 Å². The van der Waals surface area contributed by atoms with Crippen molar-refractivity contribution in [2.45, 2.75) is 13.0 Å². The quantitative estimate of drug-likeness (QED) is 0.743. The summed E-state index contributed by atoms with van der Waals surface area (Å²) in [5, 5.41) is 0.590. The summed E-state index contributed by atoms with van der Waals surface area (Å²) in [6.45, 7) is 4.29. The first-order valence-corrected chi connectivity index (χ1v) is 5.69. The molecule has 1 heterocycles. The van der Waals surface area contributed by atoms with E-state index in [9.17, 15) is 4.79 Å².